The molecule has 2 aromatic carbocycles. The van der Waals surface area contributed by atoms with E-state index in [9.17, 15) is 0 Å². The molecule has 0 fully saturated rings. The highest BCUT2D eigenvalue weighted by molar-refractivity contribution is 5.39. The number of phenols is 2. The molecule has 0 spiro atoms. The van der Waals surface area contributed by atoms with Crippen LogP contribution >= 0.6 is 0 Å². The molecule has 0 saturated heterocycles. The van der Waals surface area contributed by atoms with Gasteiger partial charge in [-0.15, -0.1) is 0 Å². The average molecular weight is 312 g/mol. The van der Waals surface area contributed by atoms with Crippen LogP contribution in [-0.4, -0.2) is 36.7 Å². The number of phenolic OH excluding ortho intramolecular Hbond substituents is 2. The quantitative estimate of drug-likeness (QED) is 0.828. The van der Waals surface area contributed by atoms with E-state index in [2.05, 4.69) is 0 Å². The molecule has 124 valence electrons. The Morgan fingerprint density at radius 1 is 0.773 bits per heavy atom. The minimum absolute atomic E-state index is 0. The molecule has 0 aliphatic heterocycles. The molecular formula is C16H24O6. The van der Waals surface area contributed by atoms with Crippen LogP contribution in [0.4, 0.5) is 0 Å². The standard InChI is InChI=1S/C8H10O2.C6H6O2.CH2O.CH4.H2O/c1-9-7-5-3-4-6-8(7)10-2;7-5-3-1-2-4-6(5)8;1-2;;/h3-6H,1-2H3;1-4,7-8H;1H2;1H4;1H2. The summed E-state index contributed by atoms with van der Waals surface area (Å²) in [6.07, 6.45) is 0. The Kier molecular flexibility index (Phi) is 16.2. The Balaban J connectivity index is -0.000000276. The fourth-order valence-corrected chi connectivity index (χ4v) is 1.25. The normalized spacial score (nSPS) is 7.55. The van der Waals surface area contributed by atoms with Crippen molar-refractivity contribution in [3.8, 4) is 23.0 Å². The first-order valence-electron chi connectivity index (χ1n) is 5.62. The van der Waals surface area contributed by atoms with Gasteiger partial charge < -0.3 is 30.0 Å². The number of ether oxygens (including phenoxy) is 2. The van der Waals surface area contributed by atoms with Gasteiger partial charge in [0.15, 0.2) is 23.0 Å². The monoisotopic (exact) mass is 312 g/mol. The Hall–Kier alpha value is -2.73. The smallest absolute Gasteiger partial charge is 0.160 e. The van der Waals surface area contributed by atoms with Gasteiger partial charge in [-0.2, -0.15) is 0 Å². The summed E-state index contributed by atoms with van der Waals surface area (Å²) in [5.41, 5.74) is 0. The van der Waals surface area contributed by atoms with E-state index in [4.69, 9.17) is 24.5 Å². The first-order chi connectivity index (χ1) is 9.69. The lowest BCUT2D eigenvalue weighted by molar-refractivity contribution is -0.0979. The minimum Gasteiger partial charge on any atom is -0.504 e. The van der Waals surface area contributed by atoms with Gasteiger partial charge in [-0.1, -0.05) is 31.7 Å². The van der Waals surface area contributed by atoms with Crippen LogP contribution < -0.4 is 9.47 Å². The summed E-state index contributed by atoms with van der Waals surface area (Å²) in [5.74, 6) is 1.38. The Morgan fingerprint density at radius 2 is 1.05 bits per heavy atom. The third-order valence-corrected chi connectivity index (χ3v) is 2.17. The Morgan fingerprint density at radius 3 is 1.27 bits per heavy atom. The lowest BCUT2D eigenvalue weighted by Crippen LogP contribution is -1.88. The van der Waals surface area contributed by atoms with E-state index in [0.29, 0.717) is 0 Å². The van der Waals surface area contributed by atoms with Gasteiger partial charge in [-0.25, -0.2) is 0 Å². The molecule has 2 rings (SSSR count). The molecule has 4 N–H and O–H groups in total. The van der Waals surface area contributed by atoms with E-state index in [1.807, 2.05) is 31.1 Å². The van der Waals surface area contributed by atoms with Gasteiger partial charge >= 0.3 is 0 Å². The zero-order valence-corrected chi connectivity index (χ0v) is 11.9. The second-order valence-corrected chi connectivity index (χ2v) is 3.34. The molecule has 0 radical (unpaired) electrons. The molecule has 0 atom stereocenters. The molecule has 0 amide bonds. The number of aromatic hydroxyl groups is 2. The van der Waals surface area contributed by atoms with Crippen molar-refractivity contribution in [3.05, 3.63) is 48.5 Å². The van der Waals surface area contributed by atoms with E-state index in [1.54, 1.807) is 26.4 Å². The van der Waals surface area contributed by atoms with Crippen molar-refractivity contribution in [2.75, 3.05) is 14.2 Å². The summed E-state index contributed by atoms with van der Waals surface area (Å²) in [5, 5.41) is 17.3. The number of methoxy groups -OCH3 is 2. The van der Waals surface area contributed by atoms with Crippen molar-refractivity contribution in [2.24, 2.45) is 0 Å². The number of hydrogen-bond donors (Lipinski definition) is 2. The zero-order chi connectivity index (χ0) is 15.4. The summed E-state index contributed by atoms with van der Waals surface area (Å²) in [6.45, 7) is 2.00. The molecule has 0 bridgehead atoms. The fraction of sp³-hybridized carbons (Fsp3) is 0.188. The second-order valence-electron chi connectivity index (χ2n) is 3.34. The Bertz CT molecular complexity index is 457. The fourth-order valence-electron chi connectivity index (χ4n) is 1.25. The van der Waals surface area contributed by atoms with Crippen molar-refractivity contribution in [3.63, 3.8) is 0 Å². The van der Waals surface area contributed by atoms with Gasteiger partial charge in [-0.05, 0) is 24.3 Å². The van der Waals surface area contributed by atoms with Crippen molar-refractivity contribution < 1.29 is 30.0 Å². The molecule has 0 unspecified atom stereocenters. The van der Waals surface area contributed by atoms with Crippen molar-refractivity contribution in [2.45, 2.75) is 7.43 Å². The van der Waals surface area contributed by atoms with Crippen LogP contribution in [0.5, 0.6) is 23.0 Å². The topological polar surface area (TPSA) is 107 Å². The van der Waals surface area contributed by atoms with Gasteiger partial charge in [0.1, 0.15) is 6.79 Å². The van der Waals surface area contributed by atoms with Crippen molar-refractivity contribution in [1.29, 1.82) is 0 Å². The van der Waals surface area contributed by atoms with Gasteiger partial charge in [-0.3, -0.25) is 0 Å². The van der Waals surface area contributed by atoms with Crippen molar-refractivity contribution in [1.82, 2.24) is 0 Å². The summed E-state index contributed by atoms with van der Waals surface area (Å²) in [4.78, 5) is 8.00. The van der Waals surface area contributed by atoms with Gasteiger partial charge in [0, 0.05) is 0 Å². The number of rotatable bonds is 2. The summed E-state index contributed by atoms with van der Waals surface area (Å²) in [7, 11) is 3.25. The maximum absolute atomic E-state index is 8.67. The largest absolute Gasteiger partial charge is 0.504 e. The van der Waals surface area contributed by atoms with Crippen LogP contribution in [0.2, 0.25) is 0 Å². The van der Waals surface area contributed by atoms with Crippen LogP contribution in [-0.2, 0) is 4.79 Å². The molecule has 0 aromatic heterocycles. The maximum Gasteiger partial charge on any atom is 0.160 e. The van der Waals surface area contributed by atoms with E-state index in [-0.39, 0.29) is 24.4 Å². The highest BCUT2D eigenvalue weighted by Crippen LogP contribution is 2.24. The molecule has 0 heterocycles. The average Bonchev–Trinajstić information content (AvgIpc) is 2.52. The predicted octanol–water partition coefficient (Wildman–Crippen LogP) is 2.43. The summed E-state index contributed by atoms with van der Waals surface area (Å²) >= 11 is 0. The van der Waals surface area contributed by atoms with E-state index in [0.717, 1.165) is 11.5 Å². The zero-order valence-electron chi connectivity index (χ0n) is 11.9. The van der Waals surface area contributed by atoms with Crippen LogP contribution in [0.1, 0.15) is 7.43 Å². The van der Waals surface area contributed by atoms with Crippen LogP contribution in [0, 0.1) is 0 Å². The molecule has 2 aromatic rings. The highest BCUT2D eigenvalue weighted by Gasteiger charge is 1.97. The van der Waals surface area contributed by atoms with E-state index in [1.165, 1.54) is 12.1 Å². The molecule has 22 heavy (non-hydrogen) atoms. The summed E-state index contributed by atoms with van der Waals surface area (Å²) < 4.78 is 10.0. The van der Waals surface area contributed by atoms with Gasteiger partial charge in [0.25, 0.3) is 0 Å². The number of carbonyl (C=O) groups is 1. The predicted molar refractivity (Wildman–Crippen MR) is 86.8 cm³/mol. The minimum atomic E-state index is -0.0764. The van der Waals surface area contributed by atoms with Crippen LogP contribution in [0.15, 0.2) is 48.5 Å². The molecule has 0 saturated carbocycles. The Labute approximate surface area is 130 Å². The van der Waals surface area contributed by atoms with Crippen LogP contribution in [0.25, 0.3) is 0 Å². The van der Waals surface area contributed by atoms with Gasteiger partial charge in [0.05, 0.1) is 14.2 Å². The number of benzene rings is 2. The number of hydrogen-bond acceptors (Lipinski definition) is 5. The van der Waals surface area contributed by atoms with E-state index < -0.39 is 0 Å². The van der Waals surface area contributed by atoms with Crippen LogP contribution in [0.3, 0.4) is 0 Å². The molecule has 6 heteroatoms. The molecule has 0 aliphatic rings. The lowest BCUT2D eigenvalue weighted by atomic mass is 10.3. The third-order valence-electron chi connectivity index (χ3n) is 2.17. The molecule has 0 aliphatic carbocycles. The third kappa shape index (κ3) is 8.44. The maximum atomic E-state index is 8.67. The first-order valence-corrected chi connectivity index (χ1v) is 5.62. The molecular weight excluding hydrogens is 288 g/mol. The SMILES string of the molecule is C.C=O.COc1ccccc1OC.O.Oc1ccccc1O. The summed E-state index contributed by atoms with van der Waals surface area (Å²) in [6, 6.07) is 13.7. The second kappa shape index (κ2) is 14.7. The number of para-hydroxylation sites is 4. The van der Waals surface area contributed by atoms with E-state index >= 15 is 0 Å². The first kappa shape index (κ1) is 24.3. The van der Waals surface area contributed by atoms with Crippen molar-refractivity contribution >= 4 is 6.79 Å². The highest BCUT2D eigenvalue weighted by atomic mass is 16.5. The molecule has 6 nitrogen and oxygen atoms in total. The van der Waals surface area contributed by atoms with Gasteiger partial charge in [0.2, 0.25) is 0 Å². The number of carbonyl (C=O) groups excluding carboxylic acids is 1. The lowest BCUT2D eigenvalue weighted by Gasteiger charge is -2.04.